The second-order valence-electron chi connectivity index (χ2n) is 4.86. The van der Waals surface area contributed by atoms with Gasteiger partial charge in [0.2, 0.25) is 0 Å². The van der Waals surface area contributed by atoms with Gasteiger partial charge in [-0.05, 0) is 6.42 Å². The lowest BCUT2D eigenvalue weighted by atomic mass is 9.84. The second kappa shape index (κ2) is 6.42. The monoisotopic (exact) mass is 269 g/mol. The molecular weight excluding hydrogens is 246 g/mol. The van der Waals surface area contributed by atoms with Crippen LogP contribution < -0.4 is 11.3 Å². The van der Waals surface area contributed by atoms with Crippen LogP contribution in [0.15, 0.2) is 6.20 Å². The highest BCUT2D eigenvalue weighted by Crippen LogP contribution is 2.36. The Morgan fingerprint density at radius 3 is 2.89 bits per heavy atom. The Hall–Kier alpha value is -1.02. The van der Waals surface area contributed by atoms with Crippen molar-refractivity contribution in [3.63, 3.8) is 0 Å². The van der Waals surface area contributed by atoms with Crippen molar-refractivity contribution in [1.82, 2.24) is 20.4 Å². The molecule has 0 spiro atoms. The van der Waals surface area contributed by atoms with Crippen LogP contribution in [0.2, 0.25) is 0 Å². The van der Waals surface area contributed by atoms with Crippen molar-refractivity contribution in [3.8, 4) is 0 Å². The molecule has 3 N–H and O–H groups in total. The Morgan fingerprint density at radius 2 is 2.32 bits per heavy atom. The van der Waals surface area contributed by atoms with Gasteiger partial charge in [-0.1, -0.05) is 12.1 Å². The smallest absolute Gasteiger partial charge is 0.0945 e. The number of nitrogens with two attached hydrogens (primary N) is 1. The van der Waals surface area contributed by atoms with Gasteiger partial charge in [-0.25, -0.2) is 10.1 Å². The fourth-order valence-corrected chi connectivity index (χ4v) is 2.71. The summed E-state index contributed by atoms with van der Waals surface area (Å²) in [7, 11) is 1.73. The molecule has 0 aliphatic carbocycles. The van der Waals surface area contributed by atoms with E-state index >= 15 is 0 Å². The molecule has 1 aromatic heterocycles. The Balaban J connectivity index is 2.28. The maximum atomic E-state index is 5.80. The van der Waals surface area contributed by atoms with Crippen molar-refractivity contribution in [1.29, 1.82) is 0 Å². The number of aryl methyl sites for hydroxylation is 1. The summed E-state index contributed by atoms with van der Waals surface area (Å²) in [6.07, 6.45) is 4.36. The number of hydrogen-bond acceptors (Lipinski definition) is 6. The van der Waals surface area contributed by atoms with Crippen molar-refractivity contribution in [2.24, 2.45) is 5.84 Å². The van der Waals surface area contributed by atoms with Gasteiger partial charge >= 0.3 is 0 Å². The molecule has 1 fully saturated rings. The van der Waals surface area contributed by atoms with E-state index in [9.17, 15) is 0 Å². The van der Waals surface area contributed by atoms with Crippen LogP contribution >= 0.6 is 0 Å². The molecule has 0 amide bonds. The molecular formula is C12H23N5O2. The topological polar surface area (TPSA) is 87.2 Å². The van der Waals surface area contributed by atoms with Gasteiger partial charge in [0.05, 0.1) is 23.5 Å². The average Bonchev–Trinajstić information content (AvgIpc) is 2.89. The molecule has 7 nitrogen and oxygen atoms in total. The zero-order valence-corrected chi connectivity index (χ0v) is 11.6. The van der Waals surface area contributed by atoms with Crippen LogP contribution in [0.5, 0.6) is 0 Å². The van der Waals surface area contributed by atoms with Gasteiger partial charge in [0, 0.05) is 39.7 Å². The summed E-state index contributed by atoms with van der Waals surface area (Å²) < 4.78 is 13.1. The Kier molecular flexibility index (Phi) is 4.87. The van der Waals surface area contributed by atoms with Crippen LogP contribution in [0, 0.1) is 0 Å². The highest BCUT2D eigenvalue weighted by atomic mass is 16.5. The highest BCUT2D eigenvalue weighted by molar-refractivity contribution is 5.11. The zero-order valence-electron chi connectivity index (χ0n) is 11.6. The first-order chi connectivity index (χ1) is 9.27. The van der Waals surface area contributed by atoms with Crippen LogP contribution in [-0.4, -0.2) is 40.9 Å². The first-order valence-electron chi connectivity index (χ1n) is 6.75. The molecule has 1 atom stereocenters. The number of nitrogens with one attached hydrogen (secondary N) is 1. The van der Waals surface area contributed by atoms with Gasteiger partial charge in [-0.2, -0.15) is 0 Å². The summed E-state index contributed by atoms with van der Waals surface area (Å²) >= 11 is 0. The van der Waals surface area contributed by atoms with E-state index in [-0.39, 0.29) is 11.6 Å². The van der Waals surface area contributed by atoms with E-state index in [4.69, 9.17) is 15.3 Å². The molecule has 1 aliphatic heterocycles. The number of methoxy groups -OCH3 is 1. The summed E-state index contributed by atoms with van der Waals surface area (Å²) in [5.74, 6) is 5.78. The van der Waals surface area contributed by atoms with Crippen LogP contribution in [0.3, 0.4) is 0 Å². The summed E-state index contributed by atoms with van der Waals surface area (Å²) in [5.41, 5.74) is 3.49. The number of ether oxygens (including phenoxy) is 2. The SMILES string of the molecule is CCCn1nncc1C(NN)C1(OC)CCOCC1. The summed E-state index contributed by atoms with van der Waals surface area (Å²) in [6, 6.07) is -0.136. The van der Waals surface area contributed by atoms with Crippen molar-refractivity contribution in [2.45, 2.75) is 44.4 Å². The van der Waals surface area contributed by atoms with Gasteiger partial charge in [-0.3, -0.25) is 5.84 Å². The fraction of sp³-hybridized carbons (Fsp3) is 0.833. The van der Waals surface area contributed by atoms with Crippen LogP contribution in [-0.2, 0) is 16.0 Å². The van der Waals surface area contributed by atoms with Gasteiger partial charge in [0.1, 0.15) is 0 Å². The minimum atomic E-state index is -0.361. The van der Waals surface area contributed by atoms with Crippen LogP contribution in [0.25, 0.3) is 0 Å². The van der Waals surface area contributed by atoms with Gasteiger partial charge in [-0.15, -0.1) is 5.10 Å². The third-order valence-electron chi connectivity index (χ3n) is 3.82. The summed E-state index contributed by atoms with van der Waals surface area (Å²) in [5, 5.41) is 8.12. The molecule has 0 radical (unpaired) electrons. The van der Waals surface area contributed by atoms with Crippen molar-refractivity contribution >= 4 is 0 Å². The molecule has 108 valence electrons. The minimum absolute atomic E-state index is 0.136. The lowest BCUT2D eigenvalue weighted by Crippen LogP contribution is -2.51. The van der Waals surface area contributed by atoms with Crippen molar-refractivity contribution < 1.29 is 9.47 Å². The second-order valence-corrected chi connectivity index (χ2v) is 4.86. The first kappa shape index (κ1) is 14.4. The van der Waals surface area contributed by atoms with Crippen molar-refractivity contribution in [2.75, 3.05) is 20.3 Å². The lowest BCUT2D eigenvalue weighted by molar-refractivity contribution is -0.113. The number of hydrazine groups is 1. The summed E-state index contributed by atoms with van der Waals surface area (Å²) in [4.78, 5) is 0. The first-order valence-corrected chi connectivity index (χ1v) is 6.75. The maximum Gasteiger partial charge on any atom is 0.0945 e. The van der Waals surface area contributed by atoms with E-state index in [1.807, 2.05) is 4.68 Å². The van der Waals surface area contributed by atoms with Crippen LogP contribution in [0.1, 0.15) is 37.9 Å². The van der Waals surface area contributed by atoms with E-state index in [0.29, 0.717) is 13.2 Å². The largest absolute Gasteiger partial charge is 0.381 e. The molecule has 0 aromatic carbocycles. The van der Waals surface area contributed by atoms with Crippen molar-refractivity contribution in [3.05, 3.63) is 11.9 Å². The van der Waals surface area contributed by atoms with E-state index in [1.165, 1.54) is 0 Å². The highest BCUT2D eigenvalue weighted by Gasteiger charge is 2.42. The molecule has 2 heterocycles. The number of nitrogens with zero attached hydrogens (tertiary/aromatic N) is 3. The predicted molar refractivity (Wildman–Crippen MR) is 70.2 cm³/mol. The standard InChI is InChI=1S/C12H23N5O2/c1-3-6-17-10(9-14-16-17)11(15-13)12(18-2)4-7-19-8-5-12/h9,11,15H,3-8,13H2,1-2H3. The lowest BCUT2D eigenvalue weighted by Gasteiger charge is -2.41. The van der Waals surface area contributed by atoms with Gasteiger partial charge < -0.3 is 9.47 Å². The zero-order chi connectivity index (χ0) is 13.7. The summed E-state index contributed by atoms with van der Waals surface area (Å²) in [6.45, 7) is 4.30. The molecule has 19 heavy (non-hydrogen) atoms. The normalized spacial score (nSPS) is 20.4. The van der Waals surface area contributed by atoms with Gasteiger partial charge in [0.25, 0.3) is 0 Å². The number of hydrogen-bond donors (Lipinski definition) is 2. The Morgan fingerprint density at radius 1 is 1.58 bits per heavy atom. The van der Waals surface area contributed by atoms with E-state index in [1.54, 1.807) is 13.3 Å². The molecule has 2 rings (SSSR count). The Bertz CT molecular complexity index is 389. The predicted octanol–water partition coefficient (Wildman–Crippen LogP) is 0.388. The van der Waals surface area contributed by atoms with E-state index in [2.05, 4.69) is 22.7 Å². The number of aromatic nitrogens is 3. The molecule has 1 aliphatic rings. The molecule has 1 aromatic rings. The third kappa shape index (κ3) is 2.79. The minimum Gasteiger partial charge on any atom is -0.381 e. The maximum absolute atomic E-state index is 5.80. The molecule has 0 bridgehead atoms. The van der Waals surface area contributed by atoms with E-state index in [0.717, 1.165) is 31.5 Å². The molecule has 0 saturated carbocycles. The van der Waals surface area contributed by atoms with E-state index < -0.39 is 0 Å². The van der Waals surface area contributed by atoms with Gasteiger partial charge in [0.15, 0.2) is 0 Å². The quantitative estimate of drug-likeness (QED) is 0.574. The molecule has 1 unspecified atom stereocenters. The fourth-order valence-electron chi connectivity index (χ4n) is 2.71. The Labute approximate surface area is 113 Å². The average molecular weight is 269 g/mol. The molecule has 7 heteroatoms. The third-order valence-corrected chi connectivity index (χ3v) is 3.82. The van der Waals surface area contributed by atoms with Crippen LogP contribution in [0.4, 0.5) is 0 Å². The number of rotatable bonds is 6. The molecule has 1 saturated heterocycles.